The van der Waals surface area contributed by atoms with Crippen LogP contribution in [-0.4, -0.2) is 36.0 Å². The molecule has 0 radical (unpaired) electrons. The van der Waals surface area contributed by atoms with E-state index in [4.69, 9.17) is 4.74 Å². The lowest BCUT2D eigenvalue weighted by molar-refractivity contribution is -0.385. The number of nitro groups is 1. The molecule has 1 amide bonds. The average molecular weight is 332 g/mol. The number of carbonyl (C=O) groups is 1. The zero-order valence-corrected chi connectivity index (χ0v) is 13.1. The van der Waals surface area contributed by atoms with Gasteiger partial charge in [-0.1, -0.05) is 30.3 Å². The second-order valence-electron chi connectivity index (χ2n) is 5.13. The van der Waals surface area contributed by atoms with Crippen LogP contribution >= 0.6 is 0 Å². The molecule has 2 aromatic rings. The van der Waals surface area contributed by atoms with Crippen molar-refractivity contribution in [1.29, 1.82) is 0 Å². The zero-order valence-electron chi connectivity index (χ0n) is 13.1. The van der Waals surface area contributed by atoms with Gasteiger partial charge in [0.2, 0.25) is 0 Å². The number of carbonyl (C=O) groups excluding carboxylic acids is 1. The molecule has 0 aliphatic rings. The molecule has 0 aliphatic carbocycles. The number of ether oxygens (including phenoxy) is 1. The maximum Gasteiger partial charge on any atom is 0.272 e. The molecule has 0 heterocycles. The summed E-state index contributed by atoms with van der Waals surface area (Å²) in [6.07, 6.45) is 0. The zero-order chi connectivity index (χ0) is 17.5. The van der Waals surface area contributed by atoms with Gasteiger partial charge in [-0.2, -0.15) is 0 Å². The fraction of sp³-hybridized carbons (Fsp3) is 0.235. The Morgan fingerprint density at radius 3 is 2.54 bits per heavy atom. The molecule has 2 rings (SSSR count). The number of hydrogen-bond acceptors (Lipinski definition) is 4. The molecule has 0 aromatic heterocycles. The molecule has 0 fully saturated rings. The summed E-state index contributed by atoms with van der Waals surface area (Å²) in [5.74, 6) is -1.45. The molecule has 0 saturated heterocycles. The quantitative estimate of drug-likeness (QED) is 0.577. The van der Waals surface area contributed by atoms with Crippen LogP contribution in [0.2, 0.25) is 0 Å². The van der Waals surface area contributed by atoms with E-state index in [9.17, 15) is 19.3 Å². The summed E-state index contributed by atoms with van der Waals surface area (Å²) >= 11 is 0. The van der Waals surface area contributed by atoms with E-state index in [2.05, 4.69) is 0 Å². The highest BCUT2D eigenvalue weighted by molar-refractivity contribution is 5.94. The van der Waals surface area contributed by atoms with Crippen molar-refractivity contribution in [3.8, 4) is 0 Å². The van der Waals surface area contributed by atoms with E-state index in [-0.39, 0.29) is 12.1 Å². The van der Waals surface area contributed by atoms with Crippen LogP contribution < -0.4 is 0 Å². The number of hydrogen-bond donors (Lipinski definition) is 0. The number of amides is 1. The van der Waals surface area contributed by atoms with Crippen LogP contribution in [0.3, 0.4) is 0 Å². The molecule has 0 unspecified atom stereocenters. The number of nitrogens with zero attached hydrogens (tertiary/aromatic N) is 2. The van der Waals surface area contributed by atoms with Gasteiger partial charge in [0.25, 0.3) is 11.6 Å². The molecule has 24 heavy (non-hydrogen) atoms. The maximum absolute atomic E-state index is 14.1. The molecule has 0 aliphatic heterocycles. The Kier molecular flexibility index (Phi) is 5.97. The number of nitro benzene ring substituents is 1. The highest BCUT2D eigenvalue weighted by atomic mass is 19.1. The molecular weight excluding hydrogens is 315 g/mol. The third-order valence-corrected chi connectivity index (χ3v) is 3.46. The smallest absolute Gasteiger partial charge is 0.272 e. The van der Waals surface area contributed by atoms with E-state index in [1.807, 2.05) is 30.3 Å². The van der Waals surface area contributed by atoms with E-state index < -0.39 is 22.3 Å². The maximum atomic E-state index is 14.1. The molecule has 7 heteroatoms. The predicted octanol–water partition coefficient (Wildman–Crippen LogP) is 3.02. The Balaban J connectivity index is 2.25. The van der Waals surface area contributed by atoms with E-state index in [0.717, 1.165) is 23.8 Å². The van der Waals surface area contributed by atoms with Crippen molar-refractivity contribution < 1.29 is 18.8 Å². The summed E-state index contributed by atoms with van der Waals surface area (Å²) in [5.41, 5.74) is 0.299. The van der Waals surface area contributed by atoms with E-state index >= 15 is 0 Å². The molecule has 0 atom stereocenters. The second kappa shape index (κ2) is 8.16. The topological polar surface area (TPSA) is 72.7 Å². The Hall–Kier alpha value is -2.80. The highest BCUT2D eigenvalue weighted by Gasteiger charge is 2.21. The van der Waals surface area contributed by atoms with Gasteiger partial charge in [-0.05, 0) is 11.6 Å². The first-order valence-electron chi connectivity index (χ1n) is 7.29. The van der Waals surface area contributed by atoms with Gasteiger partial charge >= 0.3 is 0 Å². The lowest BCUT2D eigenvalue weighted by atomic mass is 10.1. The van der Waals surface area contributed by atoms with Crippen molar-refractivity contribution in [1.82, 2.24) is 4.90 Å². The van der Waals surface area contributed by atoms with Crippen LogP contribution in [-0.2, 0) is 11.3 Å². The summed E-state index contributed by atoms with van der Waals surface area (Å²) in [5, 5.41) is 10.7. The first-order chi connectivity index (χ1) is 11.5. The predicted molar refractivity (Wildman–Crippen MR) is 86.1 cm³/mol. The lowest BCUT2D eigenvalue weighted by Gasteiger charge is -2.23. The summed E-state index contributed by atoms with van der Waals surface area (Å²) in [6, 6.07) is 12.3. The molecule has 126 valence electrons. The second-order valence-corrected chi connectivity index (χ2v) is 5.13. The molecule has 0 saturated carbocycles. The fourth-order valence-corrected chi connectivity index (χ4v) is 2.22. The van der Waals surface area contributed by atoms with Gasteiger partial charge in [0.05, 0.1) is 23.2 Å². The third kappa shape index (κ3) is 4.36. The Morgan fingerprint density at radius 2 is 1.96 bits per heavy atom. The Morgan fingerprint density at radius 1 is 1.25 bits per heavy atom. The molecule has 0 spiro atoms. The van der Waals surface area contributed by atoms with Crippen molar-refractivity contribution in [2.24, 2.45) is 0 Å². The van der Waals surface area contributed by atoms with Crippen LogP contribution in [0.4, 0.5) is 10.1 Å². The van der Waals surface area contributed by atoms with Crippen LogP contribution in [0, 0.1) is 15.9 Å². The number of rotatable bonds is 7. The fourth-order valence-electron chi connectivity index (χ4n) is 2.22. The Bertz CT molecular complexity index is 722. The molecule has 2 aromatic carbocycles. The first-order valence-corrected chi connectivity index (χ1v) is 7.29. The minimum absolute atomic E-state index is 0.201. The van der Waals surface area contributed by atoms with Crippen molar-refractivity contribution in [2.75, 3.05) is 20.3 Å². The normalized spacial score (nSPS) is 10.4. The molecule has 6 nitrogen and oxygen atoms in total. The van der Waals surface area contributed by atoms with Gasteiger partial charge in [-0.25, -0.2) is 4.39 Å². The summed E-state index contributed by atoms with van der Waals surface area (Å²) < 4.78 is 19.1. The first kappa shape index (κ1) is 17.6. The largest absolute Gasteiger partial charge is 0.383 e. The average Bonchev–Trinajstić information content (AvgIpc) is 2.58. The lowest BCUT2D eigenvalue weighted by Crippen LogP contribution is -2.34. The minimum atomic E-state index is -0.912. The molecular formula is C17H17FN2O4. The van der Waals surface area contributed by atoms with Gasteiger partial charge in [-0.3, -0.25) is 14.9 Å². The molecule has 0 N–H and O–H groups in total. The van der Waals surface area contributed by atoms with Crippen LogP contribution in [0.5, 0.6) is 0 Å². The van der Waals surface area contributed by atoms with Crippen molar-refractivity contribution in [3.05, 3.63) is 75.6 Å². The summed E-state index contributed by atoms with van der Waals surface area (Å²) in [7, 11) is 1.51. The standard InChI is InChI=1S/C17H17FN2O4/c1-24-10-9-19(12-13-5-3-2-4-6-13)17(21)15-8-7-14(20(22)23)11-16(15)18/h2-8,11H,9-10,12H2,1H3. The van der Waals surface area contributed by atoms with Gasteiger partial charge in [0.1, 0.15) is 5.82 Å². The van der Waals surface area contributed by atoms with E-state index in [1.165, 1.54) is 12.0 Å². The highest BCUT2D eigenvalue weighted by Crippen LogP contribution is 2.19. The van der Waals surface area contributed by atoms with Crippen LogP contribution in [0.15, 0.2) is 48.5 Å². The van der Waals surface area contributed by atoms with Crippen molar-refractivity contribution in [2.45, 2.75) is 6.54 Å². The van der Waals surface area contributed by atoms with Crippen molar-refractivity contribution in [3.63, 3.8) is 0 Å². The number of non-ortho nitro benzene ring substituents is 1. The summed E-state index contributed by atoms with van der Waals surface area (Å²) in [6.45, 7) is 0.868. The van der Waals surface area contributed by atoms with Gasteiger partial charge in [0, 0.05) is 26.3 Å². The van der Waals surface area contributed by atoms with E-state index in [1.54, 1.807) is 0 Å². The number of benzene rings is 2. The van der Waals surface area contributed by atoms with Crippen molar-refractivity contribution >= 4 is 11.6 Å². The van der Waals surface area contributed by atoms with Crippen LogP contribution in [0.25, 0.3) is 0 Å². The van der Waals surface area contributed by atoms with Crippen LogP contribution in [0.1, 0.15) is 15.9 Å². The van der Waals surface area contributed by atoms with Gasteiger partial charge < -0.3 is 9.64 Å². The third-order valence-electron chi connectivity index (χ3n) is 3.46. The van der Waals surface area contributed by atoms with Gasteiger partial charge in [0.15, 0.2) is 0 Å². The Labute approximate surface area is 138 Å². The minimum Gasteiger partial charge on any atom is -0.383 e. The number of methoxy groups -OCH3 is 1. The monoisotopic (exact) mass is 332 g/mol. The van der Waals surface area contributed by atoms with Gasteiger partial charge in [-0.15, -0.1) is 0 Å². The molecule has 0 bridgehead atoms. The SMILES string of the molecule is COCCN(Cc1ccccc1)C(=O)c1ccc([N+](=O)[O-])cc1F. The van der Waals surface area contributed by atoms with E-state index in [0.29, 0.717) is 13.2 Å². The summed E-state index contributed by atoms with van der Waals surface area (Å²) in [4.78, 5) is 24.0. The number of halogens is 1.